The van der Waals surface area contributed by atoms with Gasteiger partial charge >= 0.3 is 0 Å². The molecule has 2 aliphatic rings. The number of halogens is 1. The summed E-state index contributed by atoms with van der Waals surface area (Å²) in [6, 6.07) is 5.99. The van der Waals surface area contributed by atoms with Crippen LogP contribution in [0.1, 0.15) is 17.7 Å². The number of nitrogens with zero attached hydrogens (tertiary/aromatic N) is 3. The van der Waals surface area contributed by atoms with Crippen molar-refractivity contribution in [1.82, 2.24) is 19.2 Å². The van der Waals surface area contributed by atoms with E-state index in [2.05, 4.69) is 20.4 Å². The van der Waals surface area contributed by atoms with E-state index in [9.17, 15) is 3.89 Å². The van der Waals surface area contributed by atoms with Crippen molar-refractivity contribution in [3.63, 3.8) is 0 Å². The summed E-state index contributed by atoms with van der Waals surface area (Å²) in [5, 5.41) is 7.59. The molecule has 5 rings (SSSR count). The van der Waals surface area contributed by atoms with E-state index in [1.54, 1.807) is 0 Å². The topological polar surface area (TPSA) is 58.5 Å². The fraction of sp³-hybridized carbons (Fsp3) is 0.375. The van der Waals surface area contributed by atoms with Crippen molar-refractivity contribution >= 4 is 29.1 Å². The van der Waals surface area contributed by atoms with Gasteiger partial charge in [-0.25, -0.2) is 4.98 Å². The molecule has 0 amide bonds. The minimum atomic E-state index is 0.186. The van der Waals surface area contributed by atoms with Crippen LogP contribution in [0.4, 0.5) is 9.57 Å². The number of nitrogens with one attached hydrogen (secondary N) is 2. The molecular formula is C16H16FN5S. The number of benzene rings is 1. The van der Waals surface area contributed by atoms with Crippen LogP contribution in [0, 0.1) is 11.8 Å². The lowest BCUT2D eigenvalue weighted by Crippen LogP contribution is -2.07. The summed E-state index contributed by atoms with van der Waals surface area (Å²) in [5.74, 6) is 2.21. The maximum absolute atomic E-state index is 13.3. The minimum Gasteiger partial charge on any atom is -0.388 e. The second kappa shape index (κ2) is 4.74. The van der Waals surface area contributed by atoms with E-state index < -0.39 is 0 Å². The van der Waals surface area contributed by atoms with Gasteiger partial charge in [-0.2, -0.15) is 9.19 Å². The number of imidazole rings is 1. The Balaban J connectivity index is 1.65. The average Bonchev–Trinajstić information content (AvgIpc) is 3.06. The van der Waals surface area contributed by atoms with E-state index in [-0.39, 0.29) is 12.3 Å². The molecule has 0 radical (unpaired) electrons. The molecule has 5 nitrogen and oxygen atoms in total. The van der Waals surface area contributed by atoms with Crippen LogP contribution in [0.25, 0.3) is 22.6 Å². The number of hydrogen-bond donors (Lipinski definition) is 2. The molecule has 0 bridgehead atoms. The fourth-order valence-electron chi connectivity index (χ4n) is 3.72. The molecule has 7 heteroatoms. The van der Waals surface area contributed by atoms with Crippen LogP contribution < -0.4 is 5.32 Å². The van der Waals surface area contributed by atoms with Gasteiger partial charge in [0.2, 0.25) is 0 Å². The third-order valence-electron chi connectivity index (χ3n) is 5.11. The summed E-state index contributed by atoms with van der Waals surface area (Å²) in [4.78, 5) is 8.01. The normalized spacial score (nSPS) is 22.0. The summed E-state index contributed by atoms with van der Waals surface area (Å²) in [5.41, 5.74) is 5.89. The zero-order valence-electron chi connectivity index (χ0n) is 12.6. The zero-order chi connectivity index (χ0) is 15.6. The molecule has 2 aromatic heterocycles. The summed E-state index contributed by atoms with van der Waals surface area (Å²) in [6.45, 7) is 0. The van der Waals surface area contributed by atoms with Crippen molar-refractivity contribution in [2.24, 2.45) is 11.8 Å². The Morgan fingerprint density at radius 1 is 1.35 bits per heavy atom. The summed E-state index contributed by atoms with van der Waals surface area (Å²) < 4.78 is 14.7. The number of anilines is 1. The van der Waals surface area contributed by atoms with E-state index in [0.29, 0.717) is 0 Å². The number of H-pyrrole nitrogens is 1. The molecule has 2 heterocycles. The predicted molar refractivity (Wildman–Crippen MR) is 90.0 cm³/mol. The van der Waals surface area contributed by atoms with Crippen LogP contribution in [0.15, 0.2) is 18.2 Å². The SMILES string of the molecule is CNc1ccc2nc(-c3nn(SF)c4c3CC3CC3C4)[nH]c2c1. The first kappa shape index (κ1) is 13.4. The number of aromatic amines is 1. The molecule has 3 aromatic rings. The zero-order valence-corrected chi connectivity index (χ0v) is 13.5. The van der Waals surface area contributed by atoms with Crippen molar-refractivity contribution < 1.29 is 3.89 Å². The number of hydrogen-bond acceptors (Lipinski definition) is 4. The highest BCUT2D eigenvalue weighted by molar-refractivity contribution is 7.92. The lowest BCUT2D eigenvalue weighted by Gasteiger charge is -2.11. The largest absolute Gasteiger partial charge is 0.388 e. The second-order valence-electron chi connectivity index (χ2n) is 6.45. The molecule has 2 N–H and O–H groups in total. The van der Waals surface area contributed by atoms with Crippen molar-refractivity contribution in [3.05, 3.63) is 29.5 Å². The first-order valence-electron chi connectivity index (χ1n) is 7.84. The van der Waals surface area contributed by atoms with Crippen LogP contribution in [-0.4, -0.2) is 26.2 Å². The molecular weight excluding hydrogens is 313 g/mol. The van der Waals surface area contributed by atoms with Gasteiger partial charge in [0.25, 0.3) is 0 Å². The predicted octanol–water partition coefficient (Wildman–Crippen LogP) is 3.58. The number of aromatic nitrogens is 4. The molecule has 118 valence electrons. The Kier molecular flexibility index (Phi) is 2.76. The Morgan fingerprint density at radius 2 is 2.22 bits per heavy atom. The molecule has 1 aromatic carbocycles. The van der Waals surface area contributed by atoms with E-state index in [1.165, 1.54) is 16.1 Å². The number of fused-ring (bicyclic) bond motifs is 3. The Morgan fingerprint density at radius 3 is 3.04 bits per heavy atom. The van der Waals surface area contributed by atoms with Crippen LogP contribution in [0.3, 0.4) is 0 Å². The van der Waals surface area contributed by atoms with Crippen molar-refractivity contribution in [3.8, 4) is 11.5 Å². The monoisotopic (exact) mass is 329 g/mol. The molecule has 2 unspecified atom stereocenters. The van der Waals surface area contributed by atoms with Gasteiger partial charge in [0.15, 0.2) is 18.2 Å². The Hall–Kier alpha value is -2.02. The van der Waals surface area contributed by atoms with E-state index >= 15 is 0 Å². The van der Waals surface area contributed by atoms with Crippen LogP contribution in [0.2, 0.25) is 0 Å². The molecule has 0 spiro atoms. The molecule has 0 aliphatic heterocycles. The molecule has 1 fully saturated rings. The molecule has 2 atom stereocenters. The molecule has 1 saturated carbocycles. The van der Waals surface area contributed by atoms with Gasteiger partial charge in [-0.1, -0.05) is 0 Å². The summed E-state index contributed by atoms with van der Waals surface area (Å²) >= 11 is 0.186. The van der Waals surface area contributed by atoms with Crippen LogP contribution >= 0.6 is 12.3 Å². The minimum absolute atomic E-state index is 0.186. The maximum Gasteiger partial charge on any atom is 0.187 e. The second-order valence-corrected chi connectivity index (χ2v) is 6.93. The van der Waals surface area contributed by atoms with Gasteiger partial charge < -0.3 is 10.3 Å². The van der Waals surface area contributed by atoms with Gasteiger partial charge in [0, 0.05) is 18.3 Å². The van der Waals surface area contributed by atoms with E-state index in [4.69, 9.17) is 0 Å². The van der Waals surface area contributed by atoms with E-state index in [1.807, 2.05) is 25.2 Å². The van der Waals surface area contributed by atoms with Gasteiger partial charge in [-0.05, 0) is 49.3 Å². The van der Waals surface area contributed by atoms with Gasteiger partial charge in [0.05, 0.1) is 16.7 Å². The highest BCUT2D eigenvalue weighted by atomic mass is 32.2. The standard InChI is InChI=1S/C16H16FN5S/c1-18-10-2-3-12-13(7-10)20-16(19-12)15-11-5-8-4-9(8)6-14(11)22(21-15)23-17/h2-3,7-9,18H,4-6H2,1H3,(H,19,20). The van der Waals surface area contributed by atoms with Crippen molar-refractivity contribution in [2.45, 2.75) is 19.3 Å². The van der Waals surface area contributed by atoms with Crippen molar-refractivity contribution in [1.29, 1.82) is 0 Å². The summed E-state index contributed by atoms with van der Waals surface area (Å²) in [7, 11) is 1.89. The van der Waals surface area contributed by atoms with Gasteiger partial charge in [-0.15, -0.1) is 3.89 Å². The number of rotatable bonds is 3. The maximum atomic E-state index is 13.3. The van der Waals surface area contributed by atoms with Gasteiger partial charge in [0.1, 0.15) is 5.69 Å². The summed E-state index contributed by atoms with van der Waals surface area (Å²) in [6.07, 6.45) is 3.19. The highest BCUT2D eigenvalue weighted by Crippen LogP contribution is 2.50. The smallest absolute Gasteiger partial charge is 0.187 e. The Bertz CT molecular complexity index is 915. The van der Waals surface area contributed by atoms with Crippen molar-refractivity contribution in [2.75, 3.05) is 12.4 Å². The highest BCUT2D eigenvalue weighted by Gasteiger charge is 2.44. The average molecular weight is 329 g/mol. The third kappa shape index (κ3) is 1.99. The molecule has 23 heavy (non-hydrogen) atoms. The van der Waals surface area contributed by atoms with Crippen LogP contribution in [0.5, 0.6) is 0 Å². The fourth-order valence-corrected chi connectivity index (χ4v) is 4.11. The molecule has 0 saturated heterocycles. The van der Waals surface area contributed by atoms with Gasteiger partial charge in [-0.3, -0.25) is 0 Å². The van der Waals surface area contributed by atoms with E-state index in [0.717, 1.165) is 58.6 Å². The lowest BCUT2D eigenvalue weighted by molar-refractivity contribution is 0.632. The first-order valence-corrected chi connectivity index (χ1v) is 8.52. The first-order chi connectivity index (χ1) is 11.3. The third-order valence-corrected chi connectivity index (χ3v) is 5.54. The lowest BCUT2D eigenvalue weighted by atomic mass is 9.96. The quantitative estimate of drug-likeness (QED) is 0.771. The Labute approximate surface area is 137 Å². The molecule has 2 aliphatic carbocycles. The van der Waals surface area contributed by atoms with Crippen LogP contribution in [-0.2, 0) is 12.8 Å².